The average Bonchev–Trinajstić information content (AvgIpc) is 3.07. The maximum atomic E-state index is 12.4. The van der Waals surface area contributed by atoms with Gasteiger partial charge >= 0.3 is 11.7 Å². The van der Waals surface area contributed by atoms with Gasteiger partial charge in [-0.15, -0.1) is 0 Å². The van der Waals surface area contributed by atoms with Gasteiger partial charge < -0.3 is 9.15 Å². The Morgan fingerprint density at radius 2 is 1.59 bits per heavy atom. The lowest BCUT2D eigenvalue weighted by Gasteiger charge is -2.10. The number of hydrogen-bond acceptors (Lipinski definition) is 5. The Hall–Kier alpha value is -3.93. The third-order valence-electron chi connectivity index (χ3n) is 4.92. The number of pyridine rings is 1. The van der Waals surface area contributed by atoms with Crippen molar-refractivity contribution in [3.63, 3.8) is 0 Å². The second kappa shape index (κ2) is 6.91. The van der Waals surface area contributed by atoms with Gasteiger partial charge in [0.05, 0.1) is 16.7 Å². The Balaban J connectivity index is 1.43. The van der Waals surface area contributed by atoms with Crippen molar-refractivity contribution in [1.82, 2.24) is 9.55 Å². The largest absolute Gasteiger partial charge is 0.458 e. The fourth-order valence-corrected chi connectivity index (χ4v) is 3.57. The molecule has 0 spiro atoms. The van der Waals surface area contributed by atoms with Gasteiger partial charge in [0.25, 0.3) is 0 Å². The Labute approximate surface area is 165 Å². The highest BCUT2D eigenvalue weighted by Crippen LogP contribution is 2.26. The smallest absolute Gasteiger partial charge is 0.420 e. The number of fused-ring (bicyclic) bond motifs is 4. The number of esters is 1. The maximum absolute atomic E-state index is 12.4. The van der Waals surface area contributed by atoms with Crippen LogP contribution < -0.4 is 5.76 Å². The molecule has 0 bridgehead atoms. The summed E-state index contributed by atoms with van der Waals surface area (Å²) < 4.78 is 11.9. The molecule has 29 heavy (non-hydrogen) atoms. The van der Waals surface area contributed by atoms with E-state index in [1.807, 2.05) is 48.5 Å². The van der Waals surface area contributed by atoms with E-state index in [0.29, 0.717) is 16.8 Å². The number of oxazole rings is 1. The number of ether oxygens (including phenoxy) is 1. The molecule has 0 radical (unpaired) electrons. The van der Waals surface area contributed by atoms with Crippen molar-refractivity contribution in [2.75, 3.05) is 0 Å². The maximum Gasteiger partial charge on any atom is 0.420 e. The second-order valence-electron chi connectivity index (χ2n) is 6.70. The number of carbonyl (C=O) groups is 1. The minimum Gasteiger partial charge on any atom is -0.458 e. The number of rotatable bonds is 4. The summed E-state index contributed by atoms with van der Waals surface area (Å²) in [5.41, 5.74) is 2.52. The van der Waals surface area contributed by atoms with Crippen molar-refractivity contribution in [3.8, 4) is 0 Å². The first-order valence-electron chi connectivity index (χ1n) is 9.21. The van der Waals surface area contributed by atoms with E-state index in [9.17, 15) is 9.59 Å². The number of hydrogen-bond donors (Lipinski definition) is 0. The molecule has 142 valence electrons. The number of benzene rings is 3. The van der Waals surface area contributed by atoms with Gasteiger partial charge in [-0.05, 0) is 23.6 Å². The molecule has 0 aliphatic rings. The third-order valence-corrected chi connectivity index (χ3v) is 4.92. The van der Waals surface area contributed by atoms with Crippen LogP contribution in [0.4, 0.5) is 0 Å². The van der Waals surface area contributed by atoms with E-state index in [1.165, 1.54) is 4.57 Å². The van der Waals surface area contributed by atoms with E-state index in [1.54, 1.807) is 24.3 Å². The lowest BCUT2D eigenvalue weighted by Crippen LogP contribution is -2.21. The van der Waals surface area contributed by atoms with E-state index < -0.39 is 11.7 Å². The molecule has 0 N–H and O–H groups in total. The van der Waals surface area contributed by atoms with Crippen molar-refractivity contribution in [1.29, 1.82) is 0 Å². The molecule has 5 rings (SSSR count). The molecular formula is C23H16N2O4. The predicted octanol–water partition coefficient (Wildman–Crippen LogP) is 4.04. The molecule has 2 heterocycles. The number of carbonyl (C=O) groups excluding carboxylic acids is 1. The fourth-order valence-electron chi connectivity index (χ4n) is 3.57. The highest BCUT2D eigenvalue weighted by molar-refractivity contribution is 6.06. The van der Waals surface area contributed by atoms with Gasteiger partial charge in [0.1, 0.15) is 13.2 Å². The van der Waals surface area contributed by atoms with Crippen molar-refractivity contribution >= 4 is 38.7 Å². The van der Waals surface area contributed by atoms with Gasteiger partial charge in [-0.1, -0.05) is 54.6 Å². The van der Waals surface area contributed by atoms with Crippen LogP contribution in [-0.2, 0) is 22.7 Å². The minimum atomic E-state index is -0.586. The van der Waals surface area contributed by atoms with Crippen molar-refractivity contribution < 1.29 is 13.9 Å². The summed E-state index contributed by atoms with van der Waals surface area (Å²) in [6.07, 6.45) is 0. The summed E-state index contributed by atoms with van der Waals surface area (Å²) in [6, 6.07) is 22.7. The van der Waals surface area contributed by atoms with Crippen LogP contribution in [0.2, 0.25) is 0 Å². The number of aromatic nitrogens is 2. The van der Waals surface area contributed by atoms with Crippen molar-refractivity contribution in [3.05, 3.63) is 89.0 Å². The molecule has 0 aliphatic carbocycles. The summed E-state index contributed by atoms with van der Waals surface area (Å²) in [5.74, 6) is -1.12. The monoisotopic (exact) mass is 384 g/mol. The van der Waals surface area contributed by atoms with Crippen LogP contribution in [0.5, 0.6) is 0 Å². The molecule has 3 aromatic carbocycles. The fraction of sp³-hybridized carbons (Fsp3) is 0.0870. The molecule has 0 aliphatic heterocycles. The molecular weight excluding hydrogens is 368 g/mol. The van der Waals surface area contributed by atoms with Gasteiger partial charge in [0.2, 0.25) is 0 Å². The first-order valence-corrected chi connectivity index (χ1v) is 9.21. The van der Waals surface area contributed by atoms with Gasteiger partial charge in [-0.3, -0.25) is 9.36 Å². The normalized spacial score (nSPS) is 11.3. The topological polar surface area (TPSA) is 74.3 Å². The van der Waals surface area contributed by atoms with Crippen LogP contribution in [0.3, 0.4) is 0 Å². The van der Waals surface area contributed by atoms with E-state index in [-0.39, 0.29) is 13.2 Å². The van der Waals surface area contributed by atoms with Crippen LogP contribution in [0.1, 0.15) is 5.69 Å². The first kappa shape index (κ1) is 17.2. The van der Waals surface area contributed by atoms with Crippen LogP contribution in [0, 0.1) is 0 Å². The highest BCUT2D eigenvalue weighted by atomic mass is 16.5. The van der Waals surface area contributed by atoms with Gasteiger partial charge in [-0.2, -0.15) is 0 Å². The molecule has 6 heteroatoms. The van der Waals surface area contributed by atoms with Crippen LogP contribution in [0.25, 0.3) is 32.8 Å². The van der Waals surface area contributed by atoms with Crippen LogP contribution in [0.15, 0.2) is 82.0 Å². The van der Waals surface area contributed by atoms with Crippen LogP contribution >= 0.6 is 0 Å². The summed E-state index contributed by atoms with van der Waals surface area (Å²) >= 11 is 0. The van der Waals surface area contributed by atoms with Gasteiger partial charge in [-0.25, -0.2) is 9.78 Å². The molecule has 0 atom stereocenters. The summed E-state index contributed by atoms with van der Waals surface area (Å²) in [5, 5.41) is 3.04. The highest BCUT2D eigenvalue weighted by Gasteiger charge is 2.15. The molecule has 0 amide bonds. The molecule has 2 aromatic heterocycles. The molecule has 6 nitrogen and oxygen atoms in total. The van der Waals surface area contributed by atoms with E-state index >= 15 is 0 Å². The summed E-state index contributed by atoms with van der Waals surface area (Å²) in [6.45, 7) is -0.198. The lowest BCUT2D eigenvalue weighted by atomic mass is 10.0. The predicted molar refractivity (Wildman–Crippen MR) is 110 cm³/mol. The van der Waals surface area contributed by atoms with Crippen molar-refractivity contribution in [2.24, 2.45) is 0 Å². The molecule has 0 fully saturated rings. The molecule has 0 unspecified atom stereocenters. The Morgan fingerprint density at radius 3 is 2.45 bits per heavy atom. The van der Waals surface area contributed by atoms with E-state index in [4.69, 9.17) is 9.15 Å². The second-order valence-corrected chi connectivity index (χ2v) is 6.70. The Morgan fingerprint density at radius 1 is 0.897 bits per heavy atom. The lowest BCUT2D eigenvalue weighted by molar-refractivity contribution is -0.145. The van der Waals surface area contributed by atoms with E-state index in [0.717, 1.165) is 21.7 Å². The molecule has 0 saturated heterocycles. The SMILES string of the molecule is O=C(Cn1c(=O)oc2ccccc21)OCc1nc2ccccc2c2ccccc12. The Bertz CT molecular complexity index is 1430. The number of nitrogens with zero attached hydrogens (tertiary/aromatic N) is 2. The zero-order chi connectivity index (χ0) is 19.8. The first-order chi connectivity index (χ1) is 14.2. The third kappa shape index (κ3) is 3.04. The molecule has 0 saturated carbocycles. The zero-order valence-corrected chi connectivity index (χ0v) is 15.4. The zero-order valence-electron chi connectivity index (χ0n) is 15.4. The number of para-hydroxylation sites is 3. The summed E-state index contributed by atoms with van der Waals surface area (Å²) in [4.78, 5) is 29.1. The Kier molecular flexibility index (Phi) is 4.09. The quantitative estimate of drug-likeness (QED) is 0.345. The van der Waals surface area contributed by atoms with Crippen molar-refractivity contribution in [2.45, 2.75) is 13.2 Å². The standard InChI is InChI=1S/C23H16N2O4/c26-22(13-25-20-11-5-6-12-21(20)29-23(25)27)28-14-19-17-9-2-1-7-15(17)16-8-3-4-10-18(16)24-19/h1-12H,13-14H2. The van der Waals surface area contributed by atoms with Crippen LogP contribution in [-0.4, -0.2) is 15.5 Å². The van der Waals surface area contributed by atoms with E-state index in [2.05, 4.69) is 4.98 Å². The molecule has 5 aromatic rings. The minimum absolute atomic E-state index is 0.0225. The average molecular weight is 384 g/mol. The van der Waals surface area contributed by atoms with Gasteiger partial charge in [0, 0.05) is 10.8 Å². The van der Waals surface area contributed by atoms with Gasteiger partial charge in [0.15, 0.2) is 5.58 Å². The summed E-state index contributed by atoms with van der Waals surface area (Å²) in [7, 11) is 0.